The number of hydrogen-bond donors (Lipinski definition) is 0. The van der Waals surface area contributed by atoms with Gasteiger partial charge in [-0.3, -0.25) is 9.48 Å². The maximum absolute atomic E-state index is 13.9. The standard InChI is InChI=1S/C31H31N3O3/c1-5-18-37-25-17-16-24(19-26(25)36-6-2)29-27-28(23-14-12-21(3)13-15-23)32-33(4)30(27)31(35)34(29)20-22-10-8-7-9-11-22/h5,7-17,19,29H,1,6,18,20H2,2-4H3/t29-/m0/s1. The molecule has 5 rings (SSSR count). The fraction of sp³-hybridized carbons (Fsp3) is 0.226. The van der Waals surface area contributed by atoms with Gasteiger partial charge in [0.1, 0.15) is 12.3 Å². The molecule has 4 aromatic rings. The molecule has 188 valence electrons. The van der Waals surface area contributed by atoms with Crippen molar-refractivity contribution in [3.8, 4) is 22.8 Å². The first kappa shape index (κ1) is 24.4. The van der Waals surface area contributed by atoms with Crippen molar-refractivity contribution in [2.75, 3.05) is 13.2 Å². The van der Waals surface area contributed by atoms with Crippen LogP contribution in [0.25, 0.3) is 11.3 Å². The molecule has 1 aliphatic rings. The lowest BCUT2D eigenvalue weighted by Gasteiger charge is -2.27. The maximum atomic E-state index is 13.9. The van der Waals surface area contributed by atoms with Crippen LogP contribution in [0, 0.1) is 6.92 Å². The lowest BCUT2D eigenvalue weighted by atomic mass is 9.95. The van der Waals surface area contributed by atoms with Crippen LogP contribution in [0.1, 0.15) is 45.7 Å². The van der Waals surface area contributed by atoms with Crippen LogP contribution in [0.5, 0.6) is 11.5 Å². The highest BCUT2D eigenvalue weighted by atomic mass is 16.5. The molecule has 0 spiro atoms. The van der Waals surface area contributed by atoms with Gasteiger partial charge in [-0.15, -0.1) is 0 Å². The van der Waals surface area contributed by atoms with E-state index < -0.39 is 0 Å². The molecule has 0 bridgehead atoms. The number of nitrogens with zero attached hydrogens (tertiary/aromatic N) is 3. The maximum Gasteiger partial charge on any atom is 0.273 e. The first-order chi connectivity index (χ1) is 18.0. The molecule has 1 aromatic heterocycles. The summed E-state index contributed by atoms with van der Waals surface area (Å²) < 4.78 is 13.5. The lowest BCUT2D eigenvalue weighted by Crippen LogP contribution is -2.29. The summed E-state index contributed by atoms with van der Waals surface area (Å²) >= 11 is 0. The molecule has 0 radical (unpaired) electrons. The molecule has 37 heavy (non-hydrogen) atoms. The molecule has 0 saturated carbocycles. The number of aryl methyl sites for hydroxylation is 2. The summed E-state index contributed by atoms with van der Waals surface area (Å²) in [5.41, 5.74) is 6.50. The average molecular weight is 494 g/mol. The number of carbonyl (C=O) groups excluding carboxylic acids is 1. The molecule has 1 aliphatic heterocycles. The van der Waals surface area contributed by atoms with E-state index in [4.69, 9.17) is 14.6 Å². The van der Waals surface area contributed by atoms with E-state index in [0.29, 0.717) is 37.0 Å². The Kier molecular flexibility index (Phi) is 6.82. The van der Waals surface area contributed by atoms with E-state index in [1.807, 2.05) is 67.4 Å². The summed E-state index contributed by atoms with van der Waals surface area (Å²) in [6.07, 6.45) is 1.70. The van der Waals surface area contributed by atoms with Crippen molar-refractivity contribution in [1.82, 2.24) is 14.7 Å². The summed E-state index contributed by atoms with van der Waals surface area (Å²) in [5.74, 6) is 1.25. The third-order valence-corrected chi connectivity index (χ3v) is 6.59. The van der Waals surface area contributed by atoms with Gasteiger partial charge in [-0.05, 0) is 37.1 Å². The highest BCUT2D eigenvalue weighted by Crippen LogP contribution is 2.46. The van der Waals surface area contributed by atoms with E-state index in [0.717, 1.165) is 27.9 Å². The second-order valence-corrected chi connectivity index (χ2v) is 9.16. The van der Waals surface area contributed by atoms with E-state index in [1.165, 1.54) is 5.56 Å². The topological polar surface area (TPSA) is 56.6 Å². The fourth-order valence-electron chi connectivity index (χ4n) is 4.91. The SMILES string of the molecule is C=CCOc1ccc([C@H]2c3c(-c4ccc(C)cc4)nn(C)c3C(=O)N2Cc2ccccc2)cc1OCC. The van der Waals surface area contributed by atoms with Gasteiger partial charge in [0.05, 0.1) is 18.3 Å². The number of aromatic nitrogens is 2. The minimum atomic E-state index is -0.333. The largest absolute Gasteiger partial charge is 0.490 e. The van der Waals surface area contributed by atoms with Gasteiger partial charge in [0.25, 0.3) is 5.91 Å². The van der Waals surface area contributed by atoms with Crippen LogP contribution in [-0.2, 0) is 13.6 Å². The van der Waals surface area contributed by atoms with Crippen molar-refractivity contribution in [3.63, 3.8) is 0 Å². The molecule has 1 amide bonds. The summed E-state index contributed by atoms with van der Waals surface area (Å²) in [7, 11) is 1.84. The molecule has 0 N–H and O–H groups in total. The Balaban J connectivity index is 1.67. The van der Waals surface area contributed by atoms with Gasteiger partial charge in [0.15, 0.2) is 11.5 Å². The molecule has 2 heterocycles. The van der Waals surface area contributed by atoms with E-state index in [1.54, 1.807) is 10.8 Å². The average Bonchev–Trinajstić information content (AvgIpc) is 3.39. The second kappa shape index (κ2) is 10.3. The molecule has 0 unspecified atom stereocenters. The van der Waals surface area contributed by atoms with Gasteiger partial charge < -0.3 is 14.4 Å². The van der Waals surface area contributed by atoms with Gasteiger partial charge in [-0.25, -0.2) is 0 Å². The molecule has 0 aliphatic carbocycles. The number of rotatable bonds is 9. The summed E-state index contributed by atoms with van der Waals surface area (Å²) in [5, 5.41) is 4.82. The first-order valence-corrected chi connectivity index (χ1v) is 12.5. The molecular formula is C31H31N3O3. The summed E-state index contributed by atoms with van der Waals surface area (Å²) in [4.78, 5) is 15.8. The molecule has 0 saturated heterocycles. The zero-order valence-corrected chi connectivity index (χ0v) is 21.5. The van der Waals surface area contributed by atoms with Crippen molar-refractivity contribution in [1.29, 1.82) is 0 Å². The van der Waals surface area contributed by atoms with Gasteiger partial charge >= 0.3 is 0 Å². The van der Waals surface area contributed by atoms with Gasteiger partial charge in [0, 0.05) is 24.7 Å². The number of amides is 1. The quantitative estimate of drug-likeness (QED) is 0.264. The number of benzene rings is 3. The molecule has 6 nitrogen and oxygen atoms in total. The highest BCUT2D eigenvalue weighted by molar-refractivity contribution is 6.00. The lowest BCUT2D eigenvalue weighted by molar-refractivity contribution is 0.0725. The Labute approximate surface area is 217 Å². The Morgan fingerprint density at radius 3 is 2.46 bits per heavy atom. The van der Waals surface area contributed by atoms with Gasteiger partial charge in [-0.2, -0.15) is 5.10 Å². The smallest absolute Gasteiger partial charge is 0.273 e. The van der Waals surface area contributed by atoms with Crippen molar-refractivity contribution in [2.24, 2.45) is 7.05 Å². The van der Waals surface area contributed by atoms with Gasteiger partial charge in [0.2, 0.25) is 0 Å². The minimum Gasteiger partial charge on any atom is -0.490 e. The van der Waals surface area contributed by atoms with E-state index >= 15 is 0 Å². The molecule has 3 aromatic carbocycles. The number of fused-ring (bicyclic) bond motifs is 1. The minimum absolute atomic E-state index is 0.0397. The third-order valence-electron chi connectivity index (χ3n) is 6.59. The van der Waals surface area contributed by atoms with Crippen LogP contribution < -0.4 is 9.47 Å². The number of ether oxygens (including phenoxy) is 2. The monoisotopic (exact) mass is 493 g/mol. The number of hydrogen-bond acceptors (Lipinski definition) is 4. The van der Waals surface area contributed by atoms with E-state index in [-0.39, 0.29) is 11.9 Å². The predicted octanol–water partition coefficient (Wildman–Crippen LogP) is 6.10. The molecule has 1 atom stereocenters. The summed E-state index contributed by atoms with van der Waals surface area (Å²) in [6.45, 7) is 9.10. The van der Waals surface area contributed by atoms with Crippen LogP contribution in [-0.4, -0.2) is 33.8 Å². The summed E-state index contributed by atoms with van der Waals surface area (Å²) in [6, 6.07) is 23.9. The van der Waals surface area contributed by atoms with Crippen LogP contribution >= 0.6 is 0 Å². The van der Waals surface area contributed by atoms with Crippen LogP contribution in [0.2, 0.25) is 0 Å². The van der Waals surface area contributed by atoms with Crippen LogP contribution in [0.15, 0.2) is 85.5 Å². The first-order valence-electron chi connectivity index (χ1n) is 12.5. The zero-order chi connectivity index (χ0) is 25.9. The third kappa shape index (κ3) is 4.62. The van der Waals surface area contributed by atoms with Crippen molar-refractivity contribution >= 4 is 5.91 Å². The Morgan fingerprint density at radius 2 is 1.76 bits per heavy atom. The molecule has 0 fully saturated rings. The predicted molar refractivity (Wildman–Crippen MR) is 145 cm³/mol. The van der Waals surface area contributed by atoms with E-state index in [2.05, 4.69) is 37.8 Å². The Hall–Kier alpha value is -4.32. The van der Waals surface area contributed by atoms with Crippen LogP contribution in [0.4, 0.5) is 0 Å². The van der Waals surface area contributed by atoms with Crippen LogP contribution in [0.3, 0.4) is 0 Å². The molecular weight excluding hydrogens is 462 g/mol. The normalized spacial score (nSPS) is 14.5. The Morgan fingerprint density at radius 1 is 1.00 bits per heavy atom. The zero-order valence-electron chi connectivity index (χ0n) is 21.5. The number of carbonyl (C=O) groups is 1. The van der Waals surface area contributed by atoms with Gasteiger partial charge in [-0.1, -0.05) is 78.9 Å². The van der Waals surface area contributed by atoms with E-state index in [9.17, 15) is 4.79 Å². The van der Waals surface area contributed by atoms with Crippen molar-refractivity contribution < 1.29 is 14.3 Å². The molecule has 6 heteroatoms. The fourth-order valence-corrected chi connectivity index (χ4v) is 4.91. The Bertz CT molecular complexity index is 1420. The van der Waals surface area contributed by atoms with Crippen molar-refractivity contribution in [2.45, 2.75) is 26.4 Å². The highest BCUT2D eigenvalue weighted by Gasteiger charge is 2.43. The second-order valence-electron chi connectivity index (χ2n) is 9.16. The van der Waals surface area contributed by atoms with Crippen molar-refractivity contribution in [3.05, 3.63) is 113 Å².